The standard InChI is InChI=1S/C26H29N3O5/c1-26(2,24(30)31)34-22-12-10-21(11-13-22)33-15-14-20-17-29(25(32)28(20)3)16-19-9-8-18-6-4-5-7-23(18)27-19/h4-13,20H,14-17H2,1-3H3,(H,30,31). The summed E-state index contributed by atoms with van der Waals surface area (Å²) in [5, 5.41) is 10.3. The predicted octanol–water partition coefficient (Wildman–Crippen LogP) is 4.18. The molecule has 2 amide bonds. The molecule has 1 fully saturated rings. The fourth-order valence-electron chi connectivity index (χ4n) is 3.90. The molecule has 1 saturated heterocycles. The maximum Gasteiger partial charge on any atom is 0.347 e. The van der Waals surface area contributed by atoms with Gasteiger partial charge in [-0.3, -0.25) is 4.98 Å². The minimum atomic E-state index is -1.31. The number of hydrogen-bond donors (Lipinski definition) is 1. The average molecular weight is 464 g/mol. The number of aliphatic carboxylic acids is 1. The fraction of sp³-hybridized carbons (Fsp3) is 0.346. The van der Waals surface area contributed by atoms with Crippen molar-refractivity contribution in [1.82, 2.24) is 14.8 Å². The number of likely N-dealkylation sites (N-methyl/N-ethyl adjacent to an activating group) is 1. The molecule has 1 aromatic heterocycles. The van der Waals surface area contributed by atoms with Crippen LogP contribution in [0.3, 0.4) is 0 Å². The SMILES string of the molecule is CN1C(=O)N(Cc2ccc3ccccc3n2)CC1CCOc1ccc(OC(C)(C)C(=O)O)cc1. The molecule has 4 rings (SSSR count). The van der Waals surface area contributed by atoms with E-state index in [9.17, 15) is 14.7 Å². The Morgan fingerprint density at radius 3 is 2.53 bits per heavy atom. The van der Waals surface area contributed by atoms with Crippen molar-refractivity contribution in [2.45, 2.75) is 38.5 Å². The molecule has 1 atom stereocenters. The normalized spacial score (nSPS) is 16.2. The van der Waals surface area contributed by atoms with Crippen molar-refractivity contribution in [2.75, 3.05) is 20.2 Å². The quantitative estimate of drug-likeness (QED) is 0.512. The maximum absolute atomic E-state index is 12.7. The number of ether oxygens (including phenoxy) is 2. The molecule has 1 unspecified atom stereocenters. The first kappa shape index (κ1) is 23.4. The summed E-state index contributed by atoms with van der Waals surface area (Å²) < 4.78 is 11.3. The molecular formula is C26H29N3O5. The summed E-state index contributed by atoms with van der Waals surface area (Å²) in [5.74, 6) is 0.0805. The number of para-hydroxylation sites is 1. The highest BCUT2D eigenvalue weighted by molar-refractivity contribution is 5.79. The van der Waals surface area contributed by atoms with Crippen LogP contribution in [-0.4, -0.2) is 63.7 Å². The number of carboxylic acid groups (broad SMARTS) is 1. The summed E-state index contributed by atoms with van der Waals surface area (Å²) in [7, 11) is 1.82. The molecule has 2 heterocycles. The molecule has 8 nitrogen and oxygen atoms in total. The average Bonchev–Trinajstić information content (AvgIpc) is 3.07. The maximum atomic E-state index is 12.7. The topological polar surface area (TPSA) is 92.2 Å². The lowest BCUT2D eigenvalue weighted by Crippen LogP contribution is -2.37. The number of carboxylic acids is 1. The third-order valence-electron chi connectivity index (χ3n) is 5.99. The van der Waals surface area contributed by atoms with Gasteiger partial charge in [-0.2, -0.15) is 0 Å². The lowest BCUT2D eigenvalue weighted by atomic mass is 10.1. The monoisotopic (exact) mass is 463 g/mol. The molecule has 0 spiro atoms. The minimum absolute atomic E-state index is 0.0116. The van der Waals surface area contributed by atoms with Gasteiger partial charge in [0.15, 0.2) is 5.60 Å². The third-order valence-corrected chi connectivity index (χ3v) is 5.99. The van der Waals surface area contributed by atoms with Gasteiger partial charge in [-0.25, -0.2) is 9.59 Å². The van der Waals surface area contributed by atoms with E-state index in [-0.39, 0.29) is 12.1 Å². The van der Waals surface area contributed by atoms with Crippen LogP contribution in [0, 0.1) is 0 Å². The Labute approximate surface area is 198 Å². The molecule has 0 radical (unpaired) electrons. The highest BCUT2D eigenvalue weighted by atomic mass is 16.5. The van der Waals surface area contributed by atoms with Gasteiger partial charge < -0.3 is 24.4 Å². The van der Waals surface area contributed by atoms with Crippen molar-refractivity contribution in [3.05, 3.63) is 66.4 Å². The number of urea groups is 1. The van der Waals surface area contributed by atoms with E-state index in [2.05, 4.69) is 4.98 Å². The van der Waals surface area contributed by atoms with E-state index in [1.165, 1.54) is 13.8 Å². The van der Waals surface area contributed by atoms with Gasteiger partial charge in [-0.05, 0) is 50.2 Å². The summed E-state index contributed by atoms with van der Waals surface area (Å²) >= 11 is 0. The number of carbonyl (C=O) groups is 2. The first-order chi connectivity index (χ1) is 16.2. The van der Waals surface area contributed by atoms with E-state index in [0.29, 0.717) is 37.6 Å². The highest BCUT2D eigenvalue weighted by Crippen LogP contribution is 2.24. The molecule has 0 aliphatic carbocycles. The minimum Gasteiger partial charge on any atom is -0.494 e. The Hall–Kier alpha value is -3.81. The van der Waals surface area contributed by atoms with Gasteiger partial charge in [0.2, 0.25) is 0 Å². The van der Waals surface area contributed by atoms with Gasteiger partial charge in [-0.15, -0.1) is 0 Å². The summed E-state index contributed by atoms with van der Waals surface area (Å²) in [6, 6.07) is 18.8. The first-order valence-corrected chi connectivity index (χ1v) is 11.2. The zero-order valence-corrected chi connectivity index (χ0v) is 19.6. The molecule has 34 heavy (non-hydrogen) atoms. The van der Waals surface area contributed by atoms with Crippen LogP contribution in [-0.2, 0) is 11.3 Å². The van der Waals surface area contributed by atoms with Gasteiger partial charge in [0.1, 0.15) is 11.5 Å². The Bertz CT molecular complexity index is 1180. The molecule has 1 aliphatic rings. The van der Waals surface area contributed by atoms with Crippen molar-refractivity contribution < 1.29 is 24.2 Å². The largest absolute Gasteiger partial charge is 0.494 e. The number of rotatable bonds is 9. The van der Waals surface area contributed by atoms with E-state index in [1.807, 2.05) is 48.3 Å². The van der Waals surface area contributed by atoms with Crippen LogP contribution in [0.15, 0.2) is 60.7 Å². The van der Waals surface area contributed by atoms with Crippen molar-refractivity contribution >= 4 is 22.9 Å². The number of pyridine rings is 1. The number of nitrogens with zero attached hydrogens (tertiary/aromatic N) is 3. The zero-order valence-electron chi connectivity index (χ0n) is 19.6. The van der Waals surface area contributed by atoms with Gasteiger partial charge >= 0.3 is 12.0 Å². The second-order valence-electron chi connectivity index (χ2n) is 8.95. The lowest BCUT2D eigenvalue weighted by molar-refractivity contribution is -0.152. The van der Waals surface area contributed by atoms with Crippen LogP contribution in [0.5, 0.6) is 11.5 Å². The van der Waals surface area contributed by atoms with Gasteiger partial charge in [0.25, 0.3) is 0 Å². The van der Waals surface area contributed by atoms with Crippen molar-refractivity contribution in [2.24, 2.45) is 0 Å². The third kappa shape index (κ3) is 5.22. The summed E-state index contributed by atoms with van der Waals surface area (Å²) in [4.78, 5) is 32.2. The molecular weight excluding hydrogens is 434 g/mol. The van der Waals surface area contributed by atoms with Crippen LogP contribution in [0.4, 0.5) is 4.79 Å². The lowest BCUT2D eigenvalue weighted by Gasteiger charge is -2.21. The van der Waals surface area contributed by atoms with E-state index in [0.717, 1.165) is 16.6 Å². The van der Waals surface area contributed by atoms with Crippen LogP contribution >= 0.6 is 0 Å². The second-order valence-corrected chi connectivity index (χ2v) is 8.95. The van der Waals surface area contributed by atoms with Crippen LogP contribution in [0.25, 0.3) is 10.9 Å². The van der Waals surface area contributed by atoms with E-state index >= 15 is 0 Å². The number of benzene rings is 2. The molecule has 3 aromatic rings. The van der Waals surface area contributed by atoms with Crippen molar-refractivity contribution in [1.29, 1.82) is 0 Å². The van der Waals surface area contributed by atoms with Crippen LogP contribution in [0.1, 0.15) is 26.0 Å². The second kappa shape index (κ2) is 9.59. The predicted molar refractivity (Wildman–Crippen MR) is 128 cm³/mol. The van der Waals surface area contributed by atoms with E-state index in [1.54, 1.807) is 29.2 Å². The first-order valence-electron chi connectivity index (χ1n) is 11.2. The van der Waals surface area contributed by atoms with Crippen molar-refractivity contribution in [3.63, 3.8) is 0 Å². The molecule has 0 bridgehead atoms. The Morgan fingerprint density at radius 2 is 1.79 bits per heavy atom. The summed E-state index contributed by atoms with van der Waals surface area (Å²) in [5.41, 5.74) is 0.481. The number of amides is 2. The number of fused-ring (bicyclic) bond motifs is 1. The highest BCUT2D eigenvalue weighted by Gasteiger charge is 2.34. The number of hydrogen-bond acceptors (Lipinski definition) is 5. The van der Waals surface area contributed by atoms with Gasteiger partial charge in [0, 0.05) is 25.4 Å². The molecule has 1 N–H and O–H groups in total. The Balaban J connectivity index is 1.29. The number of carbonyl (C=O) groups excluding carboxylic acids is 1. The van der Waals surface area contributed by atoms with Gasteiger partial charge in [-0.1, -0.05) is 24.3 Å². The Kier molecular flexibility index (Phi) is 6.58. The summed E-state index contributed by atoms with van der Waals surface area (Å²) in [6.45, 7) is 4.53. The Morgan fingerprint density at radius 1 is 1.09 bits per heavy atom. The molecule has 2 aromatic carbocycles. The van der Waals surface area contributed by atoms with E-state index in [4.69, 9.17) is 9.47 Å². The number of aromatic nitrogens is 1. The van der Waals surface area contributed by atoms with Crippen LogP contribution in [0.2, 0.25) is 0 Å². The molecule has 8 heteroatoms. The van der Waals surface area contributed by atoms with Crippen molar-refractivity contribution in [3.8, 4) is 11.5 Å². The van der Waals surface area contributed by atoms with Gasteiger partial charge in [0.05, 0.1) is 30.4 Å². The van der Waals surface area contributed by atoms with E-state index < -0.39 is 11.6 Å². The smallest absolute Gasteiger partial charge is 0.347 e. The zero-order chi connectivity index (χ0) is 24.3. The fourth-order valence-corrected chi connectivity index (χ4v) is 3.90. The molecule has 178 valence electrons. The molecule has 0 saturated carbocycles. The van der Waals surface area contributed by atoms with Crippen LogP contribution < -0.4 is 9.47 Å². The summed E-state index contributed by atoms with van der Waals surface area (Å²) in [6.07, 6.45) is 0.689. The molecule has 1 aliphatic heterocycles.